The molecule has 0 bridgehead atoms. The Morgan fingerprint density at radius 3 is 2.69 bits per heavy atom. The maximum atomic E-state index is 11.4. The molecule has 76 valence electrons. The van der Waals surface area contributed by atoms with E-state index in [2.05, 4.69) is 12.2 Å². The summed E-state index contributed by atoms with van der Waals surface area (Å²) < 4.78 is 0. The summed E-state index contributed by atoms with van der Waals surface area (Å²) >= 11 is 0. The predicted octanol–water partition coefficient (Wildman–Crippen LogP) is 1.03. The van der Waals surface area contributed by atoms with Crippen LogP contribution in [0, 0.1) is 5.92 Å². The molecule has 0 radical (unpaired) electrons. The monoisotopic (exact) mass is 184 g/mol. The normalized spacial score (nSPS) is 29.2. The maximum absolute atomic E-state index is 11.4. The van der Waals surface area contributed by atoms with Crippen molar-refractivity contribution in [1.82, 2.24) is 5.32 Å². The molecule has 13 heavy (non-hydrogen) atoms. The lowest BCUT2D eigenvalue weighted by atomic mass is 9.82. The lowest BCUT2D eigenvalue weighted by molar-refractivity contribution is -0.124. The lowest BCUT2D eigenvalue weighted by Gasteiger charge is -2.33. The molecule has 1 amide bonds. The van der Waals surface area contributed by atoms with E-state index in [9.17, 15) is 4.79 Å². The number of hydrogen-bond donors (Lipinski definition) is 2. The van der Waals surface area contributed by atoms with Gasteiger partial charge in [-0.2, -0.15) is 0 Å². The van der Waals surface area contributed by atoms with Crippen molar-refractivity contribution in [3.05, 3.63) is 0 Å². The average Bonchev–Trinajstić information content (AvgIpc) is 2.02. The van der Waals surface area contributed by atoms with E-state index in [1.807, 2.05) is 6.92 Å². The molecule has 1 rings (SSSR count). The molecule has 1 aliphatic carbocycles. The molecule has 3 nitrogen and oxygen atoms in total. The number of amides is 1. The quantitative estimate of drug-likeness (QED) is 0.685. The van der Waals surface area contributed by atoms with E-state index in [-0.39, 0.29) is 11.9 Å². The summed E-state index contributed by atoms with van der Waals surface area (Å²) in [4.78, 5) is 11.4. The van der Waals surface area contributed by atoms with Gasteiger partial charge in [-0.3, -0.25) is 4.79 Å². The van der Waals surface area contributed by atoms with Crippen molar-refractivity contribution in [3.8, 4) is 0 Å². The molecular formula is C10H20N2O. The van der Waals surface area contributed by atoms with Gasteiger partial charge in [-0.1, -0.05) is 20.3 Å². The summed E-state index contributed by atoms with van der Waals surface area (Å²) in [6, 6.07) is 0.0892. The first kappa shape index (κ1) is 10.5. The highest BCUT2D eigenvalue weighted by Gasteiger charge is 2.27. The number of hydrogen-bond acceptors (Lipinski definition) is 2. The second-order valence-electron chi connectivity index (χ2n) is 4.18. The van der Waals surface area contributed by atoms with Crippen molar-refractivity contribution in [3.63, 3.8) is 0 Å². The van der Waals surface area contributed by atoms with Gasteiger partial charge in [-0.15, -0.1) is 0 Å². The SMILES string of the molecule is CCC[C@H](N)C(=O)NC1CC(C)C1. The Morgan fingerprint density at radius 1 is 1.62 bits per heavy atom. The number of rotatable bonds is 4. The molecule has 1 atom stereocenters. The molecule has 1 fully saturated rings. The van der Waals surface area contributed by atoms with Crippen molar-refractivity contribution < 1.29 is 4.79 Å². The molecule has 0 aliphatic heterocycles. The summed E-state index contributed by atoms with van der Waals surface area (Å²) in [5, 5.41) is 2.97. The Morgan fingerprint density at radius 2 is 2.23 bits per heavy atom. The zero-order valence-corrected chi connectivity index (χ0v) is 8.55. The minimum absolute atomic E-state index is 0.0266. The van der Waals surface area contributed by atoms with Gasteiger partial charge in [0.25, 0.3) is 0 Å². The molecule has 0 aromatic rings. The molecular weight excluding hydrogens is 164 g/mol. The number of nitrogens with two attached hydrogens (primary N) is 1. The van der Waals surface area contributed by atoms with Crippen LogP contribution in [0.2, 0.25) is 0 Å². The lowest BCUT2D eigenvalue weighted by Crippen LogP contribution is -2.49. The van der Waals surface area contributed by atoms with Gasteiger partial charge in [0.2, 0.25) is 5.91 Å². The zero-order chi connectivity index (χ0) is 9.84. The van der Waals surface area contributed by atoms with E-state index in [0.717, 1.165) is 31.6 Å². The minimum atomic E-state index is -0.305. The van der Waals surface area contributed by atoms with Gasteiger partial charge in [0.05, 0.1) is 6.04 Å². The fourth-order valence-corrected chi connectivity index (χ4v) is 1.77. The summed E-state index contributed by atoms with van der Waals surface area (Å²) in [7, 11) is 0. The van der Waals surface area contributed by atoms with Crippen LogP contribution >= 0.6 is 0 Å². The van der Waals surface area contributed by atoms with Gasteiger partial charge in [-0.05, 0) is 25.2 Å². The highest BCUT2D eigenvalue weighted by molar-refractivity contribution is 5.81. The van der Waals surface area contributed by atoms with E-state index in [4.69, 9.17) is 5.73 Å². The first-order valence-corrected chi connectivity index (χ1v) is 5.19. The maximum Gasteiger partial charge on any atom is 0.237 e. The number of nitrogens with one attached hydrogen (secondary N) is 1. The van der Waals surface area contributed by atoms with E-state index in [0.29, 0.717) is 6.04 Å². The second-order valence-corrected chi connectivity index (χ2v) is 4.18. The first-order valence-electron chi connectivity index (χ1n) is 5.19. The molecule has 1 aliphatic rings. The average molecular weight is 184 g/mol. The molecule has 3 heteroatoms. The Hall–Kier alpha value is -0.570. The van der Waals surface area contributed by atoms with Crippen LogP contribution in [-0.4, -0.2) is 18.0 Å². The van der Waals surface area contributed by atoms with Crippen LogP contribution in [0.5, 0.6) is 0 Å². The van der Waals surface area contributed by atoms with Crippen LogP contribution < -0.4 is 11.1 Å². The Labute approximate surface area is 80.1 Å². The van der Waals surface area contributed by atoms with Crippen LogP contribution in [0.15, 0.2) is 0 Å². The second kappa shape index (κ2) is 4.61. The Kier molecular flexibility index (Phi) is 3.72. The van der Waals surface area contributed by atoms with Crippen molar-refractivity contribution in [1.29, 1.82) is 0 Å². The summed E-state index contributed by atoms with van der Waals surface area (Å²) in [5.74, 6) is 0.798. The minimum Gasteiger partial charge on any atom is -0.352 e. The number of carbonyl (C=O) groups excluding carboxylic acids is 1. The van der Waals surface area contributed by atoms with Crippen LogP contribution in [0.1, 0.15) is 39.5 Å². The van der Waals surface area contributed by atoms with Gasteiger partial charge in [0, 0.05) is 6.04 Å². The van der Waals surface area contributed by atoms with E-state index in [1.54, 1.807) is 0 Å². The molecule has 1 saturated carbocycles. The molecule has 0 aromatic carbocycles. The topological polar surface area (TPSA) is 55.1 Å². The highest BCUT2D eigenvalue weighted by Crippen LogP contribution is 2.26. The third-order valence-corrected chi connectivity index (χ3v) is 2.66. The Bertz CT molecular complexity index is 176. The third-order valence-electron chi connectivity index (χ3n) is 2.66. The van der Waals surface area contributed by atoms with Gasteiger partial charge in [-0.25, -0.2) is 0 Å². The summed E-state index contributed by atoms with van der Waals surface area (Å²) in [5.41, 5.74) is 5.68. The smallest absolute Gasteiger partial charge is 0.237 e. The Balaban J connectivity index is 2.17. The van der Waals surface area contributed by atoms with E-state index < -0.39 is 0 Å². The molecule has 0 heterocycles. The summed E-state index contributed by atoms with van der Waals surface area (Å²) in [6.45, 7) is 4.24. The van der Waals surface area contributed by atoms with E-state index >= 15 is 0 Å². The standard InChI is InChI=1S/C10H20N2O/c1-3-4-9(11)10(13)12-8-5-7(2)6-8/h7-9H,3-6,11H2,1-2H3,(H,12,13)/t7?,8?,9-/m0/s1. The van der Waals surface area contributed by atoms with Crippen molar-refractivity contribution >= 4 is 5.91 Å². The largest absolute Gasteiger partial charge is 0.352 e. The van der Waals surface area contributed by atoms with Crippen LogP contribution in [0.3, 0.4) is 0 Å². The molecule has 0 aromatic heterocycles. The van der Waals surface area contributed by atoms with Gasteiger partial charge >= 0.3 is 0 Å². The molecule has 0 saturated heterocycles. The molecule has 3 N–H and O–H groups in total. The summed E-state index contributed by atoms with van der Waals surface area (Å²) in [6.07, 6.45) is 3.99. The van der Waals surface area contributed by atoms with Gasteiger partial charge < -0.3 is 11.1 Å². The van der Waals surface area contributed by atoms with Crippen LogP contribution in [-0.2, 0) is 4.79 Å². The van der Waals surface area contributed by atoms with Crippen LogP contribution in [0.25, 0.3) is 0 Å². The van der Waals surface area contributed by atoms with Gasteiger partial charge in [0.1, 0.15) is 0 Å². The van der Waals surface area contributed by atoms with Crippen molar-refractivity contribution in [2.75, 3.05) is 0 Å². The first-order chi connectivity index (χ1) is 6.13. The molecule has 0 spiro atoms. The van der Waals surface area contributed by atoms with Crippen molar-refractivity contribution in [2.24, 2.45) is 11.7 Å². The molecule has 0 unspecified atom stereocenters. The van der Waals surface area contributed by atoms with Gasteiger partial charge in [0.15, 0.2) is 0 Å². The number of carbonyl (C=O) groups is 1. The zero-order valence-electron chi connectivity index (χ0n) is 8.55. The highest BCUT2D eigenvalue weighted by atomic mass is 16.2. The van der Waals surface area contributed by atoms with E-state index in [1.165, 1.54) is 0 Å². The fraction of sp³-hybridized carbons (Fsp3) is 0.900. The predicted molar refractivity (Wildman–Crippen MR) is 53.2 cm³/mol. The van der Waals surface area contributed by atoms with Crippen molar-refractivity contribution in [2.45, 2.75) is 51.6 Å². The fourth-order valence-electron chi connectivity index (χ4n) is 1.77. The van der Waals surface area contributed by atoms with Crippen LogP contribution in [0.4, 0.5) is 0 Å². The third kappa shape index (κ3) is 2.99.